The van der Waals surface area contributed by atoms with Gasteiger partial charge in [-0.25, -0.2) is 0 Å². The number of benzene rings is 1. The predicted molar refractivity (Wildman–Crippen MR) is 91.8 cm³/mol. The lowest BCUT2D eigenvalue weighted by atomic mass is 9.73. The van der Waals surface area contributed by atoms with Crippen LogP contribution in [-0.4, -0.2) is 58.5 Å². The molecule has 2 atom stereocenters. The Morgan fingerprint density at radius 3 is 2.72 bits per heavy atom. The van der Waals surface area contributed by atoms with Gasteiger partial charge in [-0.1, -0.05) is 30.3 Å². The van der Waals surface area contributed by atoms with Crippen molar-refractivity contribution < 1.29 is 9.59 Å². The second kappa shape index (κ2) is 5.95. The van der Waals surface area contributed by atoms with Crippen LogP contribution < -0.4 is 0 Å². The molecule has 4 rings (SSSR count). The molecule has 0 bridgehead atoms. The van der Waals surface area contributed by atoms with Gasteiger partial charge in [0.25, 0.3) is 5.91 Å². The van der Waals surface area contributed by atoms with Gasteiger partial charge in [-0.3, -0.25) is 9.59 Å². The van der Waals surface area contributed by atoms with E-state index in [1.165, 1.54) is 18.0 Å². The molecule has 128 valence electrons. The third kappa shape index (κ3) is 2.49. The predicted octanol–water partition coefficient (Wildman–Crippen LogP) is 1.56. The van der Waals surface area contributed by atoms with Crippen molar-refractivity contribution >= 4 is 11.8 Å². The summed E-state index contributed by atoms with van der Waals surface area (Å²) in [6.45, 7) is 1.74. The van der Waals surface area contributed by atoms with E-state index in [9.17, 15) is 9.59 Å². The van der Waals surface area contributed by atoms with Crippen molar-refractivity contribution in [1.82, 2.24) is 20.0 Å². The molecular weight excluding hydrogens is 316 g/mol. The summed E-state index contributed by atoms with van der Waals surface area (Å²) in [5.41, 5.74) is 1.16. The number of aromatic nitrogens is 2. The first-order valence-electron chi connectivity index (χ1n) is 8.48. The summed E-state index contributed by atoms with van der Waals surface area (Å²) in [6, 6.07) is 11.8. The number of rotatable bonds is 2. The van der Waals surface area contributed by atoms with E-state index in [0.29, 0.717) is 31.6 Å². The summed E-state index contributed by atoms with van der Waals surface area (Å²) in [5, 5.41) is 7.50. The van der Waals surface area contributed by atoms with Crippen LogP contribution in [0.3, 0.4) is 0 Å². The van der Waals surface area contributed by atoms with Gasteiger partial charge >= 0.3 is 0 Å². The fraction of sp³-hybridized carbons (Fsp3) is 0.368. The van der Waals surface area contributed by atoms with Gasteiger partial charge in [-0.05, 0) is 18.1 Å². The number of carbonyl (C=O) groups excluding carboxylic acids is 2. The molecular formula is C19H20N4O2. The highest BCUT2D eigenvalue weighted by Crippen LogP contribution is 2.49. The molecule has 2 aromatic rings. The van der Waals surface area contributed by atoms with Crippen molar-refractivity contribution in [2.24, 2.45) is 5.41 Å². The van der Waals surface area contributed by atoms with Gasteiger partial charge in [0.05, 0.1) is 23.4 Å². The number of hydrogen-bond donors (Lipinski definition) is 0. The highest BCUT2D eigenvalue weighted by molar-refractivity contribution is 5.95. The maximum Gasteiger partial charge on any atom is 0.255 e. The molecule has 3 heterocycles. The largest absolute Gasteiger partial charge is 0.345 e. The molecule has 2 saturated heterocycles. The van der Waals surface area contributed by atoms with Gasteiger partial charge in [0.15, 0.2) is 0 Å². The smallest absolute Gasteiger partial charge is 0.255 e. The first-order chi connectivity index (χ1) is 12.1. The number of likely N-dealkylation sites (tertiary alicyclic amines) is 2. The fourth-order valence-corrected chi connectivity index (χ4v) is 4.24. The number of nitrogens with zero attached hydrogens (tertiary/aromatic N) is 4. The minimum atomic E-state index is -0.522. The van der Waals surface area contributed by atoms with Crippen LogP contribution in [0.1, 0.15) is 28.3 Å². The van der Waals surface area contributed by atoms with E-state index >= 15 is 0 Å². The van der Waals surface area contributed by atoms with Crippen molar-refractivity contribution in [2.75, 3.05) is 26.7 Å². The molecule has 1 aromatic carbocycles. The summed E-state index contributed by atoms with van der Waals surface area (Å²) < 4.78 is 0. The number of amides is 2. The molecule has 2 unspecified atom stereocenters. The highest BCUT2D eigenvalue weighted by atomic mass is 16.2. The van der Waals surface area contributed by atoms with E-state index in [0.717, 1.165) is 0 Å². The first-order valence-corrected chi connectivity index (χ1v) is 8.48. The van der Waals surface area contributed by atoms with E-state index in [1.807, 2.05) is 25.2 Å². The first kappa shape index (κ1) is 15.7. The number of carbonyl (C=O) groups is 2. The molecule has 2 amide bonds. The molecule has 1 aromatic heterocycles. The highest BCUT2D eigenvalue weighted by Gasteiger charge is 2.57. The van der Waals surface area contributed by atoms with Crippen LogP contribution in [0.2, 0.25) is 0 Å². The fourth-order valence-electron chi connectivity index (χ4n) is 4.24. The molecule has 1 spiro atoms. The zero-order valence-corrected chi connectivity index (χ0v) is 14.1. The average molecular weight is 336 g/mol. The minimum absolute atomic E-state index is 0.0825. The molecule has 2 aliphatic heterocycles. The van der Waals surface area contributed by atoms with Gasteiger partial charge in [0, 0.05) is 32.6 Å². The normalized spacial score (nSPS) is 25.8. The molecule has 0 radical (unpaired) electrons. The maximum atomic E-state index is 13.0. The van der Waals surface area contributed by atoms with Crippen molar-refractivity contribution in [3.63, 3.8) is 0 Å². The molecule has 6 nitrogen and oxygen atoms in total. The lowest BCUT2D eigenvalue weighted by molar-refractivity contribution is -0.134. The van der Waals surface area contributed by atoms with Crippen LogP contribution in [0.5, 0.6) is 0 Å². The Hall–Kier alpha value is -2.76. The maximum absolute atomic E-state index is 13.0. The van der Waals surface area contributed by atoms with Gasteiger partial charge in [0.2, 0.25) is 5.91 Å². The van der Waals surface area contributed by atoms with E-state index < -0.39 is 5.41 Å². The van der Waals surface area contributed by atoms with Crippen molar-refractivity contribution in [2.45, 2.75) is 12.3 Å². The number of hydrogen-bond acceptors (Lipinski definition) is 4. The molecule has 6 heteroatoms. The Balaban J connectivity index is 1.64. The molecule has 2 aliphatic rings. The van der Waals surface area contributed by atoms with Gasteiger partial charge in [-0.15, -0.1) is 0 Å². The Labute approximate surface area is 146 Å². The lowest BCUT2D eigenvalue weighted by Crippen LogP contribution is -2.39. The van der Waals surface area contributed by atoms with Crippen LogP contribution in [0, 0.1) is 5.41 Å². The molecule has 25 heavy (non-hydrogen) atoms. The number of likely N-dealkylation sites (N-methyl/N-ethyl adjacent to an activating group) is 1. The van der Waals surface area contributed by atoms with E-state index in [-0.39, 0.29) is 17.7 Å². The Morgan fingerprint density at radius 2 is 2.00 bits per heavy atom. The van der Waals surface area contributed by atoms with Crippen LogP contribution in [-0.2, 0) is 4.79 Å². The molecule has 0 N–H and O–H groups in total. The summed E-state index contributed by atoms with van der Waals surface area (Å²) in [4.78, 5) is 29.3. The summed E-state index contributed by atoms with van der Waals surface area (Å²) in [6.07, 6.45) is 3.69. The summed E-state index contributed by atoms with van der Waals surface area (Å²) >= 11 is 0. The van der Waals surface area contributed by atoms with Crippen molar-refractivity contribution in [3.8, 4) is 0 Å². The third-order valence-electron chi connectivity index (χ3n) is 5.52. The second-order valence-corrected chi connectivity index (χ2v) is 6.91. The van der Waals surface area contributed by atoms with Crippen molar-refractivity contribution in [1.29, 1.82) is 0 Å². The van der Waals surface area contributed by atoms with Gasteiger partial charge < -0.3 is 9.80 Å². The Kier molecular flexibility index (Phi) is 3.75. The Bertz CT molecular complexity index is 796. The van der Waals surface area contributed by atoms with Crippen LogP contribution in [0.4, 0.5) is 0 Å². The van der Waals surface area contributed by atoms with Gasteiger partial charge in [-0.2, -0.15) is 10.2 Å². The van der Waals surface area contributed by atoms with E-state index in [4.69, 9.17) is 0 Å². The second-order valence-electron chi connectivity index (χ2n) is 6.91. The Morgan fingerprint density at radius 1 is 1.20 bits per heavy atom. The van der Waals surface area contributed by atoms with E-state index in [1.54, 1.807) is 15.9 Å². The molecule has 2 fully saturated rings. The zero-order chi connectivity index (χ0) is 17.4. The SMILES string of the molecule is CN1CC(c2ccccc2)C2(CCN(C(=O)c3ccnnc3)C2)C1=O. The zero-order valence-electron chi connectivity index (χ0n) is 14.1. The third-order valence-corrected chi connectivity index (χ3v) is 5.52. The average Bonchev–Trinajstić information content (AvgIpc) is 3.21. The van der Waals surface area contributed by atoms with Crippen LogP contribution in [0.15, 0.2) is 48.8 Å². The van der Waals surface area contributed by atoms with Crippen LogP contribution in [0.25, 0.3) is 0 Å². The summed E-state index contributed by atoms with van der Waals surface area (Å²) in [7, 11) is 1.85. The molecule has 0 aliphatic carbocycles. The lowest BCUT2D eigenvalue weighted by Gasteiger charge is -2.28. The standard InChI is InChI=1S/C19H20N4O2/c1-22-12-16(14-5-3-2-4-6-14)19(18(22)25)8-10-23(13-19)17(24)15-7-9-20-21-11-15/h2-7,9,11,16H,8,10,12-13H2,1H3. The van der Waals surface area contributed by atoms with Crippen molar-refractivity contribution in [3.05, 3.63) is 59.9 Å². The topological polar surface area (TPSA) is 66.4 Å². The quantitative estimate of drug-likeness (QED) is 0.835. The minimum Gasteiger partial charge on any atom is -0.345 e. The van der Waals surface area contributed by atoms with Crippen LogP contribution >= 0.6 is 0 Å². The summed E-state index contributed by atoms with van der Waals surface area (Å²) in [5.74, 6) is 0.171. The monoisotopic (exact) mass is 336 g/mol. The molecule has 0 saturated carbocycles. The van der Waals surface area contributed by atoms with Gasteiger partial charge in [0.1, 0.15) is 0 Å². The van der Waals surface area contributed by atoms with E-state index in [2.05, 4.69) is 22.3 Å².